The van der Waals surface area contributed by atoms with Crippen LogP contribution in [0.15, 0.2) is 12.2 Å². The average Bonchev–Trinajstić information content (AvgIpc) is 3.12. The predicted molar refractivity (Wildman–Crippen MR) is 123 cm³/mol. The van der Waals surface area contributed by atoms with Crippen LogP contribution in [0, 0.1) is 0 Å². The molecule has 0 bridgehead atoms. The van der Waals surface area contributed by atoms with Gasteiger partial charge < -0.3 is 24.8 Å². The van der Waals surface area contributed by atoms with Gasteiger partial charge >= 0.3 is 0 Å². The standard InChI is InChI=1S/C25H48O5/c1-2-3-4-5-6-7-8-9-10-11-12-13-14-15-16-17-18-19-29-23-21-30-25(24(23)28)22(27)20-26/h17-18,22-28H,2-16,19-21H2,1H3/b18-17+/t22-,23+,24+,25+/m0/s1. The number of hydrogen-bond acceptors (Lipinski definition) is 5. The highest BCUT2D eigenvalue weighted by Gasteiger charge is 2.40. The van der Waals surface area contributed by atoms with Gasteiger partial charge in [0.2, 0.25) is 0 Å². The maximum Gasteiger partial charge on any atom is 0.114 e. The summed E-state index contributed by atoms with van der Waals surface area (Å²) in [5, 5.41) is 28.6. The van der Waals surface area contributed by atoms with Crippen LogP contribution in [-0.4, -0.2) is 59.6 Å². The average molecular weight is 429 g/mol. The summed E-state index contributed by atoms with van der Waals surface area (Å²) in [5.41, 5.74) is 0. The van der Waals surface area contributed by atoms with Crippen LogP contribution in [0.1, 0.15) is 103 Å². The van der Waals surface area contributed by atoms with E-state index in [1.807, 2.05) is 6.08 Å². The van der Waals surface area contributed by atoms with Crippen LogP contribution in [0.25, 0.3) is 0 Å². The molecule has 1 aliphatic heterocycles. The third kappa shape index (κ3) is 13.1. The summed E-state index contributed by atoms with van der Waals surface area (Å²) in [6.45, 7) is 2.53. The molecule has 1 fully saturated rings. The second-order valence-electron chi connectivity index (χ2n) is 8.77. The molecule has 0 unspecified atom stereocenters. The Labute approximate surface area is 184 Å². The van der Waals surface area contributed by atoms with Gasteiger partial charge in [0.15, 0.2) is 0 Å². The quantitative estimate of drug-likeness (QED) is 0.190. The smallest absolute Gasteiger partial charge is 0.114 e. The second-order valence-corrected chi connectivity index (χ2v) is 8.77. The molecule has 0 aromatic rings. The zero-order valence-corrected chi connectivity index (χ0v) is 19.4. The van der Waals surface area contributed by atoms with Crippen molar-refractivity contribution in [1.29, 1.82) is 0 Å². The molecule has 1 aliphatic rings. The Morgan fingerprint density at radius 3 is 1.93 bits per heavy atom. The van der Waals surface area contributed by atoms with Crippen LogP contribution < -0.4 is 0 Å². The number of aliphatic hydroxyl groups excluding tert-OH is 3. The van der Waals surface area contributed by atoms with Crippen molar-refractivity contribution in [2.24, 2.45) is 0 Å². The Morgan fingerprint density at radius 1 is 0.867 bits per heavy atom. The summed E-state index contributed by atoms with van der Waals surface area (Å²) in [5.74, 6) is 0. The Bertz CT molecular complexity index is 401. The summed E-state index contributed by atoms with van der Waals surface area (Å²) >= 11 is 0. The highest BCUT2D eigenvalue weighted by atomic mass is 16.6. The first-order valence-corrected chi connectivity index (χ1v) is 12.6. The molecule has 1 rings (SSSR count). The number of ether oxygens (including phenoxy) is 2. The van der Waals surface area contributed by atoms with Crippen LogP contribution >= 0.6 is 0 Å². The zero-order chi connectivity index (χ0) is 21.9. The van der Waals surface area contributed by atoms with Crippen LogP contribution in [0.3, 0.4) is 0 Å². The molecule has 0 aromatic carbocycles. The molecule has 0 aliphatic carbocycles. The predicted octanol–water partition coefficient (Wildman–Crippen LogP) is 4.91. The molecule has 1 heterocycles. The van der Waals surface area contributed by atoms with Crippen LogP contribution in [-0.2, 0) is 9.47 Å². The molecule has 0 radical (unpaired) electrons. The monoisotopic (exact) mass is 428 g/mol. The minimum absolute atomic E-state index is 0.246. The third-order valence-corrected chi connectivity index (χ3v) is 6.03. The molecule has 0 saturated carbocycles. The maximum absolute atomic E-state index is 10.0. The summed E-state index contributed by atoms with van der Waals surface area (Å²) < 4.78 is 10.9. The van der Waals surface area contributed by atoms with E-state index in [1.165, 1.54) is 89.9 Å². The Morgan fingerprint density at radius 2 is 1.40 bits per heavy atom. The Balaban J connectivity index is 1.83. The largest absolute Gasteiger partial charge is 0.394 e. The molecule has 0 amide bonds. The summed E-state index contributed by atoms with van der Waals surface area (Å²) in [7, 11) is 0. The fourth-order valence-electron chi connectivity index (χ4n) is 4.03. The molecule has 0 spiro atoms. The minimum atomic E-state index is -1.07. The van der Waals surface area contributed by atoms with Crippen molar-refractivity contribution in [3.05, 3.63) is 12.2 Å². The van der Waals surface area contributed by atoms with Gasteiger partial charge in [0.1, 0.15) is 24.4 Å². The van der Waals surface area contributed by atoms with Gasteiger partial charge in [0, 0.05) is 0 Å². The van der Waals surface area contributed by atoms with E-state index in [9.17, 15) is 10.2 Å². The van der Waals surface area contributed by atoms with Crippen LogP contribution in [0.4, 0.5) is 0 Å². The summed E-state index contributed by atoms with van der Waals surface area (Å²) in [6, 6.07) is 0. The molecule has 3 N–H and O–H groups in total. The lowest BCUT2D eigenvalue weighted by Crippen LogP contribution is -2.41. The number of hydrogen-bond donors (Lipinski definition) is 3. The van der Waals surface area contributed by atoms with Crippen LogP contribution in [0.2, 0.25) is 0 Å². The number of unbranched alkanes of at least 4 members (excludes halogenated alkanes) is 14. The second kappa shape index (κ2) is 19.2. The first-order valence-electron chi connectivity index (χ1n) is 12.6. The summed E-state index contributed by atoms with van der Waals surface area (Å²) in [4.78, 5) is 0. The first kappa shape index (κ1) is 27.6. The lowest BCUT2D eigenvalue weighted by Gasteiger charge is -2.20. The van der Waals surface area contributed by atoms with E-state index in [2.05, 4.69) is 13.0 Å². The Kier molecular flexibility index (Phi) is 17.7. The fourth-order valence-corrected chi connectivity index (χ4v) is 4.03. The van der Waals surface area contributed by atoms with Gasteiger partial charge in [-0.25, -0.2) is 0 Å². The van der Waals surface area contributed by atoms with Crippen LogP contribution in [0.5, 0.6) is 0 Å². The number of allylic oxidation sites excluding steroid dienone is 1. The SMILES string of the molecule is CCCCCCCCCCCCCCCC/C=C/CO[C@@H]1CO[C@H]([C@@H](O)CO)[C@@H]1O. The molecule has 5 heteroatoms. The van der Waals surface area contributed by atoms with Crippen molar-refractivity contribution in [3.8, 4) is 0 Å². The molecule has 0 aromatic heterocycles. The maximum atomic E-state index is 10.0. The molecule has 1 saturated heterocycles. The van der Waals surface area contributed by atoms with E-state index in [-0.39, 0.29) is 6.61 Å². The van der Waals surface area contributed by atoms with E-state index in [0.29, 0.717) is 6.61 Å². The summed E-state index contributed by atoms with van der Waals surface area (Å²) in [6.07, 6.45) is 21.3. The molecule has 178 valence electrons. The van der Waals surface area contributed by atoms with Crippen molar-refractivity contribution in [1.82, 2.24) is 0 Å². The van der Waals surface area contributed by atoms with Gasteiger partial charge in [-0.05, 0) is 12.8 Å². The van der Waals surface area contributed by atoms with Crippen molar-refractivity contribution in [3.63, 3.8) is 0 Å². The lowest BCUT2D eigenvalue weighted by atomic mass is 10.0. The van der Waals surface area contributed by atoms with Gasteiger partial charge in [-0.15, -0.1) is 0 Å². The highest BCUT2D eigenvalue weighted by molar-refractivity contribution is 4.90. The topological polar surface area (TPSA) is 79.2 Å². The van der Waals surface area contributed by atoms with Crippen molar-refractivity contribution >= 4 is 0 Å². The molecule has 30 heavy (non-hydrogen) atoms. The number of rotatable bonds is 20. The van der Waals surface area contributed by atoms with Gasteiger partial charge in [0.05, 0.1) is 19.8 Å². The fraction of sp³-hybridized carbons (Fsp3) is 0.920. The minimum Gasteiger partial charge on any atom is -0.394 e. The molecular weight excluding hydrogens is 380 g/mol. The van der Waals surface area contributed by atoms with E-state index >= 15 is 0 Å². The van der Waals surface area contributed by atoms with Gasteiger partial charge in [-0.3, -0.25) is 0 Å². The van der Waals surface area contributed by atoms with Crippen molar-refractivity contribution in [2.45, 2.75) is 128 Å². The molecule has 5 nitrogen and oxygen atoms in total. The highest BCUT2D eigenvalue weighted by Crippen LogP contribution is 2.20. The van der Waals surface area contributed by atoms with Gasteiger partial charge in [0.25, 0.3) is 0 Å². The molecular formula is C25H48O5. The van der Waals surface area contributed by atoms with E-state index in [0.717, 1.165) is 6.42 Å². The normalized spacial score (nSPS) is 22.9. The van der Waals surface area contributed by atoms with E-state index in [4.69, 9.17) is 14.6 Å². The van der Waals surface area contributed by atoms with Crippen molar-refractivity contribution < 1.29 is 24.8 Å². The van der Waals surface area contributed by atoms with Crippen molar-refractivity contribution in [2.75, 3.05) is 19.8 Å². The number of aliphatic hydroxyl groups is 3. The van der Waals surface area contributed by atoms with E-state index in [1.54, 1.807) is 0 Å². The lowest BCUT2D eigenvalue weighted by molar-refractivity contribution is -0.0716. The third-order valence-electron chi connectivity index (χ3n) is 6.03. The zero-order valence-electron chi connectivity index (χ0n) is 19.4. The molecule has 4 atom stereocenters. The van der Waals surface area contributed by atoms with Gasteiger partial charge in [-0.1, -0.05) is 103 Å². The Hall–Kier alpha value is -0.460. The van der Waals surface area contributed by atoms with E-state index < -0.39 is 31.0 Å². The van der Waals surface area contributed by atoms with Gasteiger partial charge in [-0.2, -0.15) is 0 Å². The first-order chi connectivity index (χ1) is 14.7.